The summed E-state index contributed by atoms with van der Waals surface area (Å²) in [6, 6.07) is 26.1. The number of hydrogen-bond acceptors (Lipinski definition) is 5. The highest BCUT2D eigenvalue weighted by molar-refractivity contribution is 7.85. The van der Waals surface area contributed by atoms with Crippen molar-refractivity contribution < 1.29 is 17.8 Å². The second-order valence-electron chi connectivity index (χ2n) is 7.90. The van der Waals surface area contributed by atoms with Crippen LogP contribution < -0.4 is 5.73 Å². The van der Waals surface area contributed by atoms with E-state index < -0.39 is 10.1 Å². The Bertz CT molecular complexity index is 1160. The van der Waals surface area contributed by atoms with Crippen molar-refractivity contribution in [1.29, 1.82) is 0 Å². The lowest BCUT2D eigenvalue weighted by Gasteiger charge is -2.25. The molecule has 32 heavy (non-hydrogen) atoms. The van der Waals surface area contributed by atoms with E-state index in [-0.39, 0.29) is 17.0 Å². The van der Waals surface area contributed by atoms with Crippen LogP contribution in [-0.2, 0) is 34.3 Å². The van der Waals surface area contributed by atoms with Crippen LogP contribution in [0.1, 0.15) is 16.7 Å². The quantitative estimate of drug-likeness (QED) is 0.508. The first-order chi connectivity index (χ1) is 15.4. The van der Waals surface area contributed by atoms with Crippen LogP contribution in [0.25, 0.3) is 0 Å². The molecule has 0 bridgehead atoms. The Balaban J connectivity index is 1.52. The molecule has 3 aromatic carbocycles. The minimum atomic E-state index is -4.22. The van der Waals surface area contributed by atoms with Crippen molar-refractivity contribution in [2.24, 2.45) is 5.73 Å². The fraction of sp³-hybridized carbons (Fsp3) is 0.200. The molecule has 0 saturated carbocycles. The standard InChI is InChI=1S/C25H26N2O4S/c26-24(16-20-9-5-2-6-10-20)25-17-22(15-19-7-3-1-4-8-19)27(31-25)18-21-11-13-23(14-12-21)32(28,29)30/h1-14,17,24-25H,15-16,18,26H2,(H,28,29,30). The van der Waals surface area contributed by atoms with Gasteiger partial charge in [0.1, 0.15) is 6.10 Å². The number of hydrogen-bond donors (Lipinski definition) is 2. The van der Waals surface area contributed by atoms with Crippen molar-refractivity contribution in [3.8, 4) is 0 Å². The highest BCUT2D eigenvalue weighted by Crippen LogP contribution is 2.27. The van der Waals surface area contributed by atoms with E-state index in [1.807, 2.05) is 41.5 Å². The van der Waals surface area contributed by atoms with Crippen LogP contribution in [0, 0.1) is 0 Å². The SMILES string of the molecule is NC(Cc1ccccc1)C1C=C(Cc2ccccc2)N(Cc2ccc(S(=O)(=O)O)cc2)O1. The van der Waals surface area contributed by atoms with Gasteiger partial charge < -0.3 is 5.73 Å². The molecular weight excluding hydrogens is 424 g/mol. The Morgan fingerprint density at radius 1 is 0.875 bits per heavy atom. The van der Waals surface area contributed by atoms with E-state index in [2.05, 4.69) is 30.3 Å². The fourth-order valence-corrected chi connectivity index (χ4v) is 4.23. The molecule has 7 heteroatoms. The molecule has 0 fully saturated rings. The highest BCUT2D eigenvalue weighted by Gasteiger charge is 2.29. The predicted octanol–water partition coefficient (Wildman–Crippen LogP) is 3.75. The smallest absolute Gasteiger partial charge is 0.294 e. The average Bonchev–Trinajstić information content (AvgIpc) is 3.17. The van der Waals surface area contributed by atoms with Gasteiger partial charge in [-0.25, -0.2) is 0 Å². The molecule has 0 amide bonds. The third-order valence-electron chi connectivity index (χ3n) is 5.44. The van der Waals surface area contributed by atoms with Crippen LogP contribution in [0.5, 0.6) is 0 Å². The van der Waals surface area contributed by atoms with E-state index in [9.17, 15) is 13.0 Å². The van der Waals surface area contributed by atoms with Crippen LogP contribution in [0.2, 0.25) is 0 Å². The first kappa shape index (κ1) is 22.2. The molecule has 3 aromatic rings. The number of benzene rings is 3. The van der Waals surface area contributed by atoms with Crippen LogP contribution >= 0.6 is 0 Å². The lowest BCUT2D eigenvalue weighted by molar-refractivity contribution is -0.150. The van der Waals surface area contributed by atoms with Gasteiger partial charge in [-0.3, -0.25) is 14.5 Å². The van der Waals surface area contributed by atoms with Crippen molar-refractivity contribution in [3.63, 3.8) is 0 Å². The summed E-state index contributed by atoms with van der Waals surface area (Å²) in [5.41, 5.74) is 10.7. The Hall–Kier alpha value is -2.97. The largest absolute Gasteiger partial charge is 0.325 e. The number of hydroxylamine groups is 2. The van der Waals surface area contributed by atoms with Gasteiger partial charge in [-0.05, 0) is 41.3 Å². The van der Waals surface area contributed by atoms with Gasteiger partial charge in [0.15, 0.2) is 0 Å². The van der Waals surface area contributed by atoms with Gasteiger partial charge in [0, 0.05) is 18.2 Å². The number of allylic oxidation sites excluding steroid dienone is 1. The van der Waals surface area contributed by atoms with Crippen LogP contribution in [0.15, 0.2) is 102 Å². The molecule has 0 aliphatic carbocycles. The Kier molecular flexibility index (Phi) is 6.72. The van der Waals surface area contributed by atoms with E-state index in [0.29, 0.717) is 19.4 Å². The van der Waals surface area contributed by atoms with Crippen molar-refractivity contribution in [1.82, 2.24) is 5.06 Å². The molecule has 0 saturated heterocycles. The number of nitrogens with two attached hydrogens (primary N) is 1. The molecule has 4 rings (SSSR count). The summed E-state index contributed by atoms with van der Waals surface area (Å²) in [7, 11) is -4.22. The zero-order chi connectivity index (χ0) is 22.6. The average molecular weight is 451 g/mol. The van der Waals surface area contributed by atoms with E-state index >= 15 is 0 Å². The number of rotatable bonds is 8. The molecule has 3 N–H and O–H groups in total. The summed E-state index contributed by atoms with van der Waals surface area (Å²) < 4.78 is 31.8. The third-order valence-corrected chi connectivity index (χ3v) is 6.31. The topological polar surface area (TPSA) is 92.9 Å². The second kappa shape index (κ2) is 9.67. The van der Waals surface area contributed by atoms with E-state index in [1.165, 1.54) is 12.1 Å². The summed E-state index contributed by atoms with van der Waals surface area (Å²) in [6.45, 7) is 0.430. The number of nitrogens with zero attached hydrogens (tertiary/aromatic N) is 1. The molecular formula is C25H26N2O4S. The van der Waals surface area contributed by atoms with Gasteiger partial charge in [-0.15, -0.1) is 0 Å². The summed E-state index contributed by atoms with van der Waals surface area (Å²) in [4.78, 5) is 6.10. The maximum atomic E-state index is 11.3. The van der Waals surface area contributed by atoms with Crippen molar-refractivity contribution in [2.45, 2.75) is 36.4 Å². The fourth-order valence-electron chi connectivity index (χ4n) is 3.75. The Morgan fingerprint density at radius 2 is 1.47 bits per heavy atom. The Morgan fingerprint density at radius 3 is 2.06 bits per heavy atom. The summed E-state index contributed by atoms with van der Waals surface area (Å²) in [5.74, 6) is 0. The molecule has 0 radical (unpaired) electrons. The summed E-state index contributed by atoms with van der Waals surface area (Å²) in [5, 5.41) is 1.82. The lowest BCUT2D eigenvalue weighted by Crippen LogP contribution is -2.37. The first-order valence-corrected chi connectivity index (χ1v) is 11.9. The van der Waals surface area contributed by atoms with Crippen molar-refractivity contribution in [3.05, 3.63) is 113 Å². The predicted molar refractivity (Wildman–Crippen MR) is 123 cm³/mol. The van der Waals surface area contributed by atoms with Gasteiger partial charge >= 0.3 is 0 Å². The zero-order valence-electron chi connectivity index (χ0n) is 17.5. The lowest BCUT2D eigenvalue weighted by atomic mass is 10.0. The molecule has 1 aliphatic rings. The normalized spacial score (nSPS) is 17.2. The van der Waals surface area contributed by atoms with Gasteiger partial charge in [0.05, 0.1) is 11.4 Å². The van der Waals surface area contributed by atoms with Crippen molar-refractivity contribution in [2.75, 3.05) is 0 Å². The van der Waals surface area contributed by atoms with Crippen LogP contribution in [0.3, 0.4) is 0 Å². The molecule has 1 heterocycles. The van der Waals surface area contributed by atoms with Crippen LogP contribution in [0.4, 0.5) is 0 Å². The van der Waals surface area contributed by atoms with Gasteiger partial charge in [-0.2, -0.15) is 8.42 Å². The maximum absolute atomic E-state index is 11.3. The molecule has 2 atom stereocenters. The molecule has 1 aliphatic heterocycles. The van der Waals surface area contributed by atoms with Gasteiger partial charge in [0.2, 0.25) is 0 Å². The van der Waals surface area contributed by atoms with Gasteiger partial charge in [0.25, 0.3) is 10.1 Å². The first-order valence-electron chi connectivity index (χ1n) is 10.4. The molecule has 2 unspecified atom stereocenters. The van der Waals surface area contributed by atoms with Gasteiger partial charge in [-0.1, -0.05) is 72.8 Å². The highest BCUT2D eigenvalue weighted by atomic mass is 32.2. The van der Waals surface area contributed by atoms with Crippen molar-refractivity contribution >= 4 is 10.1 Å². The van der Waals surface area contributed by atoms with Crippen LogP contribution in [-0.4, -0.2) is 30.2 Å². The minimum absolute atomic E-state index is 0.133. The molecule has 6 nitrogen and oxygen atoms in total. The molecule has 166 valence electrons. The molecule has 0 spiro atoms. The monoisotopic (exact) mass is 450 g/mol. The zero-order valence-corrected chi connectivity index (χ0v) is 18.4. The Labute approximate surface area is 188 Å². The summed E-state index contributed by atoms with van der Waals surface area (Å²) in [6.07, 6.45) is 3.19. The second-order valence-corrected chi connectivity index (χ2v) is 9.32. The maximum Gasteiger partial charge on any atom is 0.294 e. The van der Waals surface area contributed by atoms with E-state index in [4.69, 9.17) is 10.6 Å². The third kappa shape index (κ3) is 5.63. The summed E-state index contributed by atoms with van der Waals surface area (Å²) >= 11 is 0. The van der Waals surface area contributed by atoms with E-state index in [0.717, 1.165) is 22.4 Å². The van der Waals surface area contributed by atoms with E-state index in [1.54, 1.807) is 12.1 Å². The minimum Gasteiger partial charge on any atom is -0.325 e. The molecule has 0 aromatic heterocycles.